The first-order valence-electron chi connectivity index (χ1n) is 6.80. The Kier molecular flexibility index (Phi) is 7.68. The number of carbonyl (C=O) groups is 2. The molecule has 5 nitrogen and oxygen atoms in total. The molecule has 1 atom stereocenters. The Bertz CT molecular complexity index is 296. The summed E-state index contributed by atoms with van der Waals surface area (Å²) < 4.78 is 5.25. The van der Waals surface area contributed by atoms with Crippen molar-refractivity contribution in [2.75, 3.05) is 26.3 Å². The molecule has 0 bridgehead atoms. The third kappa shape index (κ3) is 7.15. The van der Waals surface area contributed by atoms with E-state index >= 15 is 0 Å². The number of carboxylic acid groups (broad SMARTS) is 1. The van der Waals surface area contributed by atoms with E-state index in [-0.39, 0.29) is 12.5 Å². The number of rotatable bonds is 8. The molecule has 0 aromatic carbocycles. The largest absolute Gasteiger partial charge is 0.481 e. The molecule has 0 aromatic heterocycles. The summed E-state index contributed by atoms with van der Waals surface area (Å²) in [5, 5.41) is 8.96. The first kappa shape index (κ1) is 17.9. The van der Waals surface area contributed by atoms with Gasteiger partial charge in [0.15, 0.2) is 0 Å². The van der Waals surface area contributed by atoms with Crippen molar-refractivity contribution in [3.63, 3.8) is 0 Å². The van der Waals surface area contributed by atoms with Crippen LogP contribution >= 0.6 is 0 Å². The Balaban J connectivity index is 4.55. The van der Waals surface area contributed by atoms with Crippen LogP contribution in [0, 0.1) is 11.3 Å². The molecule has 0 aliphatic rings. The highest BCUT2D eigenvalue weighted by molar-refractivity contribution is 5.82. The first-order chi connectivity index (χ1) is 8.70. The van der Waals surface area contributed by atoms with E-state index in [1.54, 1.807) is 11.8 Å². The molecule has 0 aliphatic carbocycles. The molecule has 0 aliphatic heterocycles. The fourth-order valence-electron chi connectivity index (χ4n) is 1.66. The van der Waals surface area contributed by atoms with E-state index in [9.17, 15) is 9.59 Å². The summed E-state index contributed by atoms with van der Waals surface area (Å²) in [7, 11) is 0. The lowest BCUT2D eigenvalue weighted by Crippen LogP contribution is -2.43. The molecule has 5 heteroatoms. The summed E-state index contributed by atoms with van der Waals surface area (Å²) in [6.45, 7) is 11.1. The topological polar surface area (TPSA) is 66.8 Å². The Morgan fingerprint density at radius 3 is 2.32 bits per heavy atom. The summed E-state index contributed by atoms with van der Waals surface area (Å²) in [6.07, 6.45) is 0.724. The smallest absolute Gasteiger partial charge is 0.308 e. The highest BCUT2D eigenvalue weighted by Gasteiger charge is 2.29. The Labute approximate surface area is 115 Å². The molecule has 0 heterocycles. The number of aliphatic carboxylic acids is 1. The molecular formula is C14H27NO4. The van der Waals surface area contributed by atoms with Gasteiger partial charge in [0, 0.05) is 31.7 Å². The zero-order valence-electron chi connectivity index (χ0n) is 12.7. The number of hydrogen-bond donors (Lipinski definition) is 1. The van der Waals surface area contributed by atoms with E-state index < -0.39 is 17.3 Å². The molecule has 112 valence electrons. The fourth-order valence-corrected chi connectivity index (χ4v) is 1.66. The maximum Gasteiger partial charge on any atom is 0.308 e. The lowest BCUT2D eigenvalue weighted by atomic mass is 9.94. The molecule has 0 saturated heterocycles. The van der Waals surface area contributed by atoms with Gasteiger partial charge in [-0.2, -0.15) is 0 Å². The quantitative estimate of drug-likeness (QED) is 0.687. The summed E-state index contributed by atoms with van der Waals surface area (Å²) >= 11 is 0. The van der Waals surface area contributed by atoms with Gasteiger partial charge in [0.2, 0.25) is 5.91 Å². The molecule has 0 saturated carbocycles. The van der Waals surface area contributed by atoms with Gasteiger partial charge in [-0.3, -0.25) is 9.59 Å². The van der Waals surface area contributed by atoms with Crippen molar-refractivity contribution in [2.24, 2.45) is 11.3 Å². The van der Waals surface area contributed by atoms with Gasteiger partial charge < -0.3 is 14.7 Å². The van der Waals surface area contributed by atoms with Crippen molar-refractivity contribution in [3.05, 3.63) is 0 Å². The number of nitrogens with zero attached hydrogens (tertiary/aromatic N) is 1. The summed E-state index contributed by atoms with van der Waals surface area (Å²) in [4.78, 5) is 24.8. The zero-order chi connectivity index (χ0) is 15.1. The number of amides is 1. The van der Waals surface area contributed by atoms with Crippen molar-refractivity contribution in [1.29, 1.82) is 0 Å². The number of ether oxygens (including phenoxy) is 1. The lowest BCUT2D eigenvalue weighted by molar-refractivity contribution is -0.145. The SMILES string of the molecule is CCOCCCN(CC(C)C(=O)O)C(=O)C(C)(C)C. The van der Waals surface area contributed by atoms with Gasteiger partial charge in [0.1, 0.15) is 0 Å². The average Bonchev–Trinajstić information content (AvgIpc) is 2.30. The van der Waals surface area contributed by atoms with Gasteiger partial charge >= 0.3 is 5.97 Å². The molecule has 1 unspecified atom stereocenters. The monoisotopic (exact) mass is 273 g/mol. The van der Waals surface area contributed by atoms with E-state index in [0.717, 1.165) is 6.42 Å². The van der Waals surface area contributed by atoms with E-state index in [4.69, 9.17) is 9.84 Å². The molecule has 0 spiro atoms. The zero-order valence-corrected chi connectivity index (χ0v) is 12.7. The molecule has 0 aromatic rings. The number of carbonyl (C=O) groups excluding carboxylic acids is 1. The summed E-state index contributed by atoms with van der Waals surface area (Å²) in [5.41, 5.74) is -0.496. The van der Waals surface area contributed by atoms with Crippen LogP contribution in [0.5, 0.6) is 0 Å². The van der Waals surface area contributed by atoms with Crippen LogP contribution in [0.2, 0.25) is 0 Å². The van der Waals surface area contributed by atoms with Gasteiger partial charge in [-0.25, -0.2) is 0 Å². The third-order valence-corrected chi connectivity index (χ3v) is 2.77. The minimum atomic E-state index is -0.878. The minimum Gasteiger partial charge on any atom is -0.481 e. The summed E-state index contributed by atoms with van der Waals surface area (Å²) in [6, 6.07) is 0. The molecule has 1 N–H and O–H groups in total. The summed E-state index contributed by atoms with van der Waals surface area (Å²) in [5.74, 6) is -1.45. The van der Waals surface area contributed by atoms with Crippen molar-refractivity contribution in [2.45, 2.75) is 41.0 Å². The molecule has 0 fully saturated rings. The van der Waals surface area contributed by atoms with Crippen LogP contribution in [-0.2, 0) is 14.3 Å². The van der Waals surface area contributed by atoms with Crippen molar-refractivity contribution < 1.29 is 19.4 Å². The van der Waals surface area contributed by atoms with Gasteiger partial charge in [-0.15, -0.1) is 0 Å². The van der Waals surface area contributed by atoms with Crippen LogP contribution < -0.4 is 0 Å². The number of carboxylic acids is 1. The van der Waals surface area contributed by atoms with Crippen LogP contribution in [0.4, 0.5) is 0 Å². The normalized spacial score (nSPS) is 13.1. The van der Waals surface area contributed by atoms with Gasteiger partial charge in [0.05, 0.1) is 5.92 Å². The van der Waals surface area contributed by atoms with Crippen LogP contribution in [0.1, 0.15) is 41.0 Å². The maximum atomic E-state index is 12.3. The van der Waals surface area contributed by atoms with Gasteiger partial charge in [-0.05, 0) is 13.3 Å². The molecular weight excluding hydrogens is 246 g/mol. The van der Waals surface area contributed by atoms with Crippen LogP contribution in [0.25, 0.3) is 0 Å². The highest BCUT2D eigenvalue weighted by Crippen LogP contribution is 2.18. The Morgan fingerprint density at radius 1 is 1.32 bits per heavy atom. The van der Waals surface area contributed by atoms with Gasteiger partial charge in [0.25, 0.3) is 0 Å². The van der Waals surface area contributed by atoms with E-state index in [1.165, 1.54) is 0 Å². The molecule has 0 rings (SSSR count). The second-order valence-electron chi connectivity index (χ2n) is 5.79. The molecule has 19 heavy (non-hydrogen) atoms. The Morgan fingerprint density at radius 2 is 1.89 bits per heavy atom. The highest BCUT2D eigenvalue weighted by atomic mass is 16.5. The number of hydrogen-bond acceptors (Lipinski definition) is 3. The first-order valence-corrected chi connectivity index (χ1v) is 6.80. The average molecular weight is 273 g/mol. The van der Waals surface area contributed by atoms with Crippen molar-refractivity contribution in [1.82, 2.24) is 4.90 Å². The predicted molar refractivity (Wildman–Crippen MR) is 73.9 cm³/mol. The van der Waals surface area contributed by atoms with Crippen LogP contribution in [0.15, 0.2) is 0 Å². The van der Waals surface area contributed by atoms with Crippen molar-refractivity contribution in [3.8, 4) is 0 Å². The van der Waals surface area contributed by atoms with E-state index in [2.05, 4.69) is 0 Å². The second-order valence-corrected chi connectivity index (χ2v) is 5.79. The lowest BCUT2D eigenvalue weighted by Gasteiger charge is -2.30. The Hall–Kier alpha value is -1.10. The van der Waals surface area contributed by atoms with Crippen LogP contribution in [0.3, 0.4) is 0 Å². The fraction of sp³-hybridized carbons (Fsp3) is 0.857. The second kappa shape index (κ2) is 8.15. The molecule has 0 radical (unpaired) electrons. The predicted octanol–water partition coefficient (Wildman–Crippen LogP) is 2.01. The van der Waals surface area contributed by atoms with E-state index in [0.29, 0.717) is 19.8 Å². The van der Waals surface area contributed by atoms with E-state index in [1.807, 2.05) is 27.7 Å². The third-order valence-electron chi connectivity index (χ3n) is 2.77. The standard InChI is InChI=1S/C14H27NO4/c1-6-19-9-7-8-15(10-11(2)12(16)17)13(18)14(3,4)5/h11H,6-10H2,1-5H3,(H,16,17). The molecule has 1 amide bonds. The van der Waals surface area contributed by atoms with Gasteiger partial charge in [-0.1, -0.05) is 27.7 Å². The maximum absolute atomic E-state index is 12.3. The minimum absolute atomic E-state index is 0.0166. The van der Waals surface area contributed by atoms with Crippen LogP contribution in [-0.4, -0.2) is 48.2 Å². The van der Waals surface area contributed by atoms with Crippen molar-refractivity contribution >= 4 is 11.9 Å².